The van der Waals surface area contributed by atoms with Crippen LogP contribution in [0.5, 0.6) is 0 Å². The van der Waals surface area contributed by atoms with Crippen molar-refractivity contribution < 1.29 is 9.84 Å². The SMILES string of the molecule is COC1CC(O)(Cc2ccc(Cl)c(Cl)c2)C1. The number of hydrogen-bond acceptors (Lipinski definition) is 2. The predicted octanol–water partition coefficient (Wildman–Crippen LogP) is 3.08. The van der Waals surface area contributed by atoms with Crippen molar-refractivity contribution in [2.75, 3.05) is 7.11 Å². The van der Waals surface area contributed by atoms with Gasteiger partial charge in [0, 0.05) is 26.4 Å². The zero-order chi connectivity index (χ0) is 11.8. The monoisotopic (exact) mass is 260 g/mol. The van der Waals surface area contributed by atoms with Gasteiger partial charge >= 0.3 is 0 Å². The van der Waals surface area contributed by atoms with E-state index in [1.54, 1.807) is 13.2 Å². The Labute approximate surface area is 105 Å². The highest BCUT2D eigenvalue weighted by molar-refractivity contribution is 6.42. The van der Waals surface area contributed by atoms with Crippen LogP contribution in [0, 0.1) is 0 Å². The van der Waals surface area contributed by atoms with Crippen LogP contribution in [-0.4, -0.2) is 23.9 Å². The lowest BCUT2D eigenvalue weighted by Gasteiger charge is -2.42. The average Bonchev–Trinajstić information content (AvgIpc) is 2.20. The van der Waals surface area contributed by atoms with Crippen molar-refractivity contribution in [3.05, 3.63) is 33.8 Å². The maximum Gasteiger partial charge on any atom is 0.0737 e. The van der Waals surface area contributed by atoms with Crippen molar-refractivity contribution in [2.45, 2.75) is 31.0 Å². The molecular formula is C12H14Cl2O2. The van der Waals surface area contributed by atoms with E-state index in [2.05, 4.69) is 0 Å². The molecule has 2 rings (SSSR count). The first-order valence-corrected chi connectivity index (χ1v) is 5.97. The Morgan fingerprint density at radius 3 is 2.62 bits per heavy atom. The molecule has 1 aromatic rings. The molecule has 1 aromatic carbocycles. The number of ether oxygens (including phenoxy) is 1. The van der Waals surface area contributed by atoms with Crippen LogP contribution in [0.1, 0.15) is 18.4 Å². The molecule has 0 amide bonds. The highest BCUT2D eigenvalue weighted by atomic mass is 35.5. The Kier molecular flexibility index (Phi) is 3.45. The second-order valence-corrected chi connectivity index (χ2v) is 5.23. The van der Waals surface area contributed by atoms with Gasteiger partial charge in [0.1, 0.15) is 0 Å². The minimum atomic E-state index is -0.641. The fraction of sp³-hybridized carbons (Fsp3) is 0.500. The zero-order valence-electron chi connectivity index (χ0n) is 9.04. The van der Waals surface area contributed by atoms with Crippen molar-refractivity contribution in [3.8, 4) is 0 Å². The van der Waals surface area contributed by atoms with Gasteiger partial charge in [0.2, 0.25) is 0 Å². The lowest BCUT2D eigenvalue weighted by molar-refractivity contribution is -0.126. The summed E-state index contributed by atoms with van der Waals surface area (Å²) in [6, 6.07) is 5.46. The molecule has 1 saturated carbocycles. The standard InChI is InChI=1S/C12H14Cl2O2/c1-16-9-6-12(15,7-9)5-8-2-3-10(13)11(14)4-8/h2-4,9,15H,5-7H2,1H3. The van der Waals surface area contributed by atoms with Gasteiger partial charge in [-0.15, -0.1) is 0 Å². The number of benzene rings is 1. The van der Waals surface area contributed by atoms with E-state index in [4.69, 9.17) is 27.9 Å². The molecule has 88 valence electrons. The quantitative estimate of drug-likeness (QED) is 0.906. The Hall–Kier alpha value is -0.280. The molecule has 0 saturated heterocycles. The first kappa shape index (κ1) is 12.2. The lowest BCUT2D eigenvalue weighted by Crippen LogP contribution is -2.49. The summed E-state index contributed by atoms with van der Waals surface area (Å²) >= 11 is 11.8. The van der Waals surface area contributed by atoms with Gasteiger partial charge in [-0.05, 0) is 17.7 Å². The smallest absolute Gasteiger partial charge is 0.0737 e. The summed E-state index contributed by atoms with van der Waals surface area (Å²) < 4.78 is 5.15. The van der Waals surface area contributed by atoms with E-state index >= 15 is 0 Å². The van der Waals surface area contributed by atoms with Crippen molar-refractivity contribution >= 4 is 23.2 Å². The summed E-state index contributed by atoms with van der Waals surface area (Å²) in [5.41, 5.74) is 0.365. The Balaban J connectivity index is 2.02. The van der Waals surface area contributed by atoms with Gasteiger partial charge in [-0.25, -0.2) is 0 Å². The van der Waals surface area contributed by atoms with Crippen LogP contribution in [0.15, 0.2) is 18.2 Å². The normalized spacial score (nSPS) is 28.9. The van der Waals surface area contributed by atoms with Crippen molar-refractivity contribution in [1.82, 2.24) is 0 Å². The molecule has 4 heteroatoms. The maximum absolute atomic E-state index is 10.2. The Morgan fingerprint density at radius 1 is 1.38 bits per heavy atom. The largest absolute Gasteiger partial charge is 0.389 e. The lowest BCUT2D eigenvalue weighted by atomic mass is 9.74. The van der Waals surface area contributed by atoms with Gasteiger partial charge in [-0.1, -0.05) is 29.3 Å². The second-order valence-electron chi connectivity index (χ2n) is 4.42. The molecule has 2 nitrogen and oxygen atoms in total. The van der Waals surface area contributed by atoms with Gasteiger partial charge in [-0.2, -0.15) is 0 Å². The predicted molar refractivity (Wildman–Crippen MR) is 65.1 cm³/mol. The van der Waals surface area contributed by atoms with E-state index < -0.39 is 5.60 Å². The molecule has 0 spiro atoms. The average molecular weight is 261 g/mol. The first-order chi connectivity index (χ1) is 7.52. The van der Waals surface area contributed by atoms with Crippen LogP contribution in [0.4, 0.5) is 0 Å². The van der Waals surface area contributed by atoms with Crippen molar-refractivity contribution in [2.24, 2.45) is 0 Å². The maximum atomic E-state index is 10.2. The van der Waals surface area contributed by atoms with Gasteiger partial charge < -0.3 is 9.84 Å². The van der Waals surface area contributed by atoms with Crippen LogP contribution >= 0.6 is 23.2 Å². The number of aliphatic hydroxyl groups is 1. The van der Waals surface area contributed by atoms with Gasteiger partial charge in [0.25, 0.3) is 0 Å². The molecule has 0 radical (unpaired) electrons. The fourth-order valence-corrected chi connectivity index (χ4v) is 2.45. The van der Waals surface area contributed by atoms with Crippen LogP contribution in [0.25, 0.3) is 0 Å². The van der Waals surface area contributed by atoms with Gasteiger partial charge in [-0.3, -0.25) is 0 Å². The van der Waals surface area contributed by atoms with Crippen LogP contribution in [-0.2, 0) is 11.2 Å². The first-order valence-electron chi connectivity index (χ1n) is 5.21. The van der Waals surface area contributed by atoms with Crippen LogP contribution in [0.2, 0.25) is 10.0 Å². The topological polar surface area (TPSA) is 29.5 Å². The molecule has 0 bridgehead atoms. The molecule has 0 heterocycles. The summed E-state index contributed by atoms with van der Waals surface area (Å²) in [6.07, 6.45) is 2.16. The highest BCUT2D eigenvalue weighted by Gasteiger charge is 2.42. The van der Waals surface area contributed by atoms with Crippen molar-refractivity contribution in [3.63, 3.8) is 0 Å². The molecule has 16 heavy (non-hydrogen) atoms. The van der Waals surface area contributed by atoms with E-state index in [0.717, 1.165) is 5.56 Å². The molecule has 1 fully saturated rings. The van der Waals surface area contributed by atoms with E-state index in [-0.39, 0.29) is 6.10 Å². The number of methoxy groups -OCH3 is 1. The Bertz CT molecular complexity index is 387. The Morgan fingerprint density at radius 2 is 2.06 bits per heavy atom. The molecule has 1 N–H and O–H groups in total. The summed E-state index contributed by atoms with van der Waals surface area (Å²) in [5, 5.41) is 11.2. The molecular weight excluding hydrogens is 247 g/mol. The highest BCUT2D eigenvalue weighted by Crippen LogP contribution is 2.37. The minimum Gasteiger partial charge on any atom is -0.389 e. The van der Waals surface area contributed by atoms with Gasteiger partial charge in [0.05, 0.1) is 21.8 Å². The van der Waals surface area contributed by atoms with Crippen molar-refractivity contribution in [1.29, 1.82) is 0 Å². The van der Waals surface area contributed by atoms with Crippen LogP contribution < -0.4 is 0 Å². The third-order valence-electron chi connectivity index (χ3n) is 3.07. The zero-order valence-corrected chi connectivity index (χ0v) is 10.6. The molecule has 1 aliphatic rings. The van der Waals surface area contributed by atoms with Crippen LogP contribution in [0.3, 0.4) is 0 Å². The third kappa shape index (κ3) is 2.51. The van der Waals surface area contributed by atoms with E-state index in [1.165, 1.54) is 0 Å². The number of rotatable bonds is 3. The summed E-state index contributed by atoms with van der Waals surface area (Å²) in [6.45, 7) is 0. The number of halogens is 2. The van der Waals surface area contributed by atoms with E-state index in [1.807, 2.05) is 12.1 Å². The fourth-order valence-electron chi connectivity index (χ4n) is 2.13. The molecule has 0 atom stereocenters. The summed E-state index contributed by atoms with van der Waals surface area (Å²) in [7, 11) is 1.67. The summed E-state index contributed by atoms with van der Waals surface area (Å²) in [5.74, 6) is 0. The molecule has 0 unspecified atom stereocenters. The van der Waals surface area contributed by atoms with E-state index in [9.17, 15) is 5.11 Å². The van der Waals surface area contributed by atoms with E-state index in [0.29, 0.717) is 29.3 Å². The second kappa shape index (κ2) is 4.53. The molecule has 0 aliphatic heterocycles. The molecule has 1 aliphatic carbocycles. The summed E-state index contributed by atoms with van der Waals surface area (Å²) in [4.78, 5) is 0. The molecule has 0 aromatic heterocycles. The third-order valence-corrected chi connectivity index (χ3v) is 3.80. The minimum absolute atomic E-state index is 0.188. The van der Waals surface area contributed by atoms with Gasteiger partial charge in [0.15, 0.2) is 0 Å². The number of hydrogen-bond donors (Lipinski definition) is 1.